The maximum Gasteiger partial charge on any atom is 0.316 e. The maximum absolute atomic E-state index is 10.9. The molecule has 0 saturated heterocycles. The van der Waals surface area contributed by atoms with Crippen LogP contribution >= 0.6 is 27.3 Å². The zero-order chi connectivity index (χ0) is 12.4. The van der Waals surface area contributed by atoms with Crippen molar-refractivity contribution in [3.8, 4) is 10.6 Å². The molecular weight excluding hydrogens is 304 g/mol. The second-order valence-corrected chi connectivity index (χ2v) is 5.70. The van der Waals surface area contributed by atoms with Gasteiger partial charge in [0.15, 0.2) is 0 Å². The summed E-state index contributed by atoms with van der Waals surface area (Å²) >= 11 is 4.85. The monoisotopic (exact) mass is 312 g/mol. The molecule has 0 saturated carbocycles. The first kappa shape index (κ1) is 12.0. The Morgan fingerprint density at radius 2 is 2.35 bits per heavy atom. The van der Waals surface area contributed by atoms with Crippen LogP contribution in [0.4, 0.5) is 10.5 Å². The van der Waals surface area contributed by atoms with Gasteiger partial charge >= 0.3 is 6.03 Å². The number of nitrogens with two attached hydrogens (primary N) is 1. The van der Waals surface area contributed by atoms with Gasteiger partial charge in [0.05, 0.1) is 20.0 Å². The molecule has 0 atom stereocenters. The number of hydrogen-bond donors (Lipinski definition) is 2. The Bertz CT molecular complexity index is 569. The number of urea groups is 1. The van der Waals surface area contributed by atoms with E-state index in [1.165, 1.54) is 11.3 Å². The van der Waals surface area contributed by atoms with E-state index in [-0.39, 0.29) is 0 Å². The standard InChI is InChI=1S/C10H9BrN4OS/c1-5-13-3-2-6(14-5)9-7(15-10(12)16)4-8(11)17-9/h2-4H,1H3,(H3,12,15,16). The second-order valence-electron chi connectivity index (χ2n) is 3.27. The predicted octanol–water partition coefficient (Wildman–Crippen LogP) is 2.77. The minimum atomic E-state index is -0.595. The fourth-order valence-electron chi connectivity index (χ4n) is 1.36. The number of halogens is 1. The van der Waals surface area contributed by atoms with Gasteiger partial charge in [-0.25, -0.2) is 14.8 Å². The Hall–Kier alpha value is -1.47. The number of amides is 2. The number of nitrogens with one attached hydrogen (secondary N) is 1. The van der Waals surface area contributed by atoms with Crippen LogP contribution in [0, 0.1) is 6.92 Å². The molecule has 17 heavy (non-hydrogen) atoms. The van der Waals surface area contributed by atoms with Crippen molar-refractivity contribution in [3.05, 3.63) is 27.9 Å². The third kappa shape index (κ3) is 2.80. The van der Waals surface area contributed by atoms with Gasteiger partial charge in [-0.2, -0.15) is 0 Å². The first-order valence-electron chi connectivity index (χ1n) is 4.72. The highest BCUT2D eigenvalue weighted by atomic mass is 79.9. The van der Waals surface area contributed by atoms with Gasteiger partial charge < -0.3 is 11.1 Å². The van der Waals surface area contributed by atoms with E-state index in [9.17, 15) is 4.79 Å². The van der Waals surface area contributed by atoms with Crippen molar-refractivity contribution in [2.75, 3.05) is 5.32 Å². The van der Waals surface area contributed by atoms with E-state index in [2.05, 4.69) is 31.2 Å². The van der Waals surface area contributed by atoms with Crippen molar-refractivity contribution < 1.29 is 4.79 Å². The summed E-state index contributed by atoms with van der Waals surface area (Å²) in [5.74, 6) is 0.678. The van der Waals surface area contributed by atoms with Gasteiger partial charge in [0, 0.05) is 6.20 Å². The number of thiophene rings is 1. The van der Waals surface area contributed by atoms with Gasteiger partial charge in [0.1, 0.15) is 5.82 Å². The van der Waals surface area contributed by atoms with Crippen molar-refractivity contribution in [2.24, 2.45) is 5.73 Å². The lowest BCUT2D eigenvalue weighted by Gasteiger charge is -2.03. The second kappa shape index (κ2) is 4.80. The van der Waals surface area contributed by atoms with Crippen molar-refractivity contribution in [3.63, 3.8) is 0 Å². The molecule has 0 fully saturated rings. The number of carbonyl (C=O) groups is 1. The number of rotatable bonds is 2. The summed E-state index contributed by atoms with van der Waals surface area (Å²) in [6.07, 6.45) is 1.68. The largest absolute Gasteiger partial charge is 0.351 e. The summed E-state index contributed by atoms with van der Waals surface area (Å²) in [4.78, 5) is 20.1. The Morgan fingerprint density at radius 1 is 1.59 bits per heavy atom. The van der Waals surface area contributed by atoms with Crippen LogP contribution in [0.25, 0.3) is 10.6 Å². The molecule has 2 aromatic heterocycles. The van der Waals surface area contributed by atoms with E-state index in [1.807, 2.05) is 6.92 Å². The molecule has 7 heteroatoms. The smallest absolute Gasteiger partial charge is 0.316 e. The molecule has 0 aliphatic rings. The van der Waals surface area contributed by atoms with Crippen LogP contribution in [0.1, 0.15) is 5.82 Å². The summed E-state index contributed by atoms with van der Waals surface area (Å²) in [6, 6.07) is 2.99. The van der Waals surface area contributed by atoms with Crippen LogP contribution in [0.15, 0.2) is 22.1 Å². The quantitative estimate of drug-likeness (QED) is 0.894. The highest BCUT2D eigenvalue weighted by Gasteiger charge is 2.12. The lowest BCUT2D eigenvalue weighted by molar-refractivity contribution is 0.259. The topological polar surface area (TPSA) is 80.9 Å². The molecular formula is C10H9BrN4OS. The summed E-state index contributed by atoms with van der Waals surface area (Å²) in [5.41, 5.74) is 6.52. The number of anilines is 1. The fraction of sp³-hybridized carbons (Fsp3) is 0.100. The van der Waals surface area contributed by atoms with Gasteiger partial charge in [0.25, 0.3) is 0 Å². The van der Waals surface area contributed by atoms with E-state index in [0.29, 0.717) is 11.5 Å². The van der Waals surface area contributed by atoms with Crippen LogP contribution in [0.3, 0.4) is 0 Å². The maximum atomic E-state index is 10.9. The zero-order valence-corrected chi connectivity index (χ0v) is 11.3. The molecule has 3 N–H and O–H groups in total. The van der Waals surface area contributed by atoms with E-state index >= 15 is 0 Å². The third-order valence-electron chi connectivity index (χ3n) is 1.97. The molecule has 5 nitrogen and oxygen atoms in total. The average Bonchev–Trinajstić information content (AvgIpc) is 2.58. The average molecular weight is 313 g/mol. The fourth-order valence-corrected chi connectivity index (χ4v) is 2.88. The summed E-state index contributed by atoms with van der Waals surface area (Å²) in [6.45, 7) is 1.81. The number of nitrogens with zero attached hydrogens (tertiary/aromatic N) is 2. The summed E-state index contributed by atoms with van der Waals surface area (Å²) in [5, 5.41) is 2.57. The molecule has 0 spiro atoms. The van der Waals surface area contributed by atoms with Gasteiger partial charge in [-0.1, -0.05) is 0 Å². The number of aryl methyl sites for hydroxylation is 1. The highest BCUT2D eigenvalue weighted by molar-refractivity contribution is 9.11. The number of aromatic nitrogens is 2. The Labute approximate surface area is 110 Å². The number of carbonyl (C=O) groups excluding carboxylic acids is 1. The highest BCUT2D eigenvalue weighted by Crippen LogP contribution is 2.38. The van der Waals surface area contributed by atoms with E-state index < -0.39 is 6.03 Å². The van der Waals surface area contributed by atoms with Crippen LogP contribution < -0.4 is 11.1 Å². The normalized spacial score (nSPS) is 10.2. The molecule has 88 valence electrons. The molecule has 0 aromatic carbocycles. The lowest BCUT2D eigenvalue weighted by atomic mass is 10.3. The van der Waals surface area contributed by atoms with Crippen molar-refractivity contribution in [2.45, 2.75) is 6.92 Å². The molecule has 0 unspecified atom stereocenters. The van der Waals surface area contributed by atoms with Gasteiger partial charge in [-0.15, -0.1) is 11.3 Å². The minimum Gasteiger partial charge on any atom is -0.351 e. The Kier molecular flexibility index (Phi) is 3.39. The van der Waals surface area contributed by atoms with Crippen LogP contribution in [0.2, 0.25) is 0 Å². The van der Waals surface area contributed by atoms with Gasteiger partial charge in [-0.3, -0.25) is 0 Å². The molecule has 0 aliphatic carbocycles. The van der Waals surface area contributed by atoms with E-state index in [0.717, 1.165) is 14.4 Å². The van der Waals surface area contributed by atoms with Crippen LogP contribution in [-0.4, -0.2) is 16.0 Å². The third-order valence-corrected chi connectivity index (χ3v) is 3.63. The zero-order valence-electron chi connectivity index (χ0n) is 8.90. The molecule has 2 aromatic rings. The molecule has 2 rings (SSSR count). The Morgan fingerprint density at radius 3 is 3.00 bits per heavy atom. The SMILES string of the molecule is Cc1nccc(-c2sc(Br)cc2NC(N)=O)n1. The lowest BCUT2D eigenvalue weighted by Crippen LogP contribution is -2.19. The van der Waals surface area contributed by atoms with E-state index in [1.54, 1.807) is 18.3 Å². The van der Waals surface area contributed by atoms with Crippen molar-refractivity contribution >= 4 is 39.0 Å². The minimum absolute atomic E-state index is 0.595. The first-order chi connectivity index (χ1) is 8.06. The van der Waals surface area contributed by atoms with Crippen LogP contribution in [0.5, 0.6) is 0 Å². The van der Waals surface area contributed by atoms with Gasteiger partial charge in [0.2, 0.25) is 0 Å². The number of primary amides is 1. The molecule has 2 amide bonds. The summed E-state index contributed by atoms with van der Waals surface area (Å²) in [7, 11) is 0. The number of hydrogen-bond acceptors (Lipinski definition) is 4. The molecule has 2 heterocycles. The van der Waals surface area contributed by atoms with Crippen LogP contribution in [-0.2, 0) is 0 Å². The van der Waals surface area contributed by atoms with E-state index in [4.69, 9.17) is 5.73 Å². The summed E-state index contributed by atoms with van der Waals surface area (Å²) < 4.78 is 0.896. The predicted molar refractivity (Wildman–Crippen MR) is 71.0 cm³/mol. The first-order valence-corrected chi connectivity index (χ1v) is 6.33. The van der Waals surface area contributed by atoms with Crippen molar-refractivity contribution in [1.29, 1.82) is 0 Å². The molecule has 0 aliphatic heterocycles. The molecule has 0 bridgehead atoms. The van der Waals surface area contributed by atoms with Gasteiger partial charge in [-0.05, 0) is 35.0 Å². The molecule has 0 radical (unpaired) electrons. The Balaban J connectivity index is 2.47. The van der Waals surface area contributed by atoms with Crippen molar-refractivity contribution in [1.82, 2.24) is 9.97 Å².